The van der Waals surface area contributed by atoms with Gasteiger partial charge in [-0.3, -0.25) is 9.67 Å². The molecule has 4 heteroatoms. The fourth-order valence-electron chi connectivity index (χ4n) is 2.69. The summed E-state index contributed by atoms with van der Waals surface area (Å²) in [5.74, 6) is 0. The number of rotatable bonds is 8. The van der Waals surface area contributed by atoms with Crippen LogP contribution in [0.4, 0.5) is 0 Å². The van der Waals surface area contributed by atoms with E-state index in [0.717, 1.165) is 32.4 Å². The van der Waals surface area contributed by atoms with Gasteiger partial charge in [-0.2, -0.15) is 5.10 Å². The van der Waals surface area contributed by atoms with E-state index < -0.39 is 0 Å². The van der Waals surface area contributed by atoms with Crippen molar-refractivity contribution in [3.05, 3.63) is 47.5 Å². The monoisotopic (exact) mass is 286 g/mol. The number of nitrogens with one attached hydrogen (secondary N) is 1. The van der Waals surface area contributed by atoms with E-state index in [1.165, 1.54) is 17.0 Å². The second-order valence-corrected chi connectivity index (χ2v) is 5.31. The van der Waals surface area contributed by atoms with Crippen LogP contribution in [-0.2, 0) is 25.8 Å². The van der Waals surface area contributed by atoms with Crippen molar-refractivity contribution < 1.29 is 0 Å². The van der Waals surface area contributed by atoms with Crippen molar-refractivity contribution in [2.24, 2.45) is 0 Å². The third-order valence-electron chi connectivity index (χ3n) is 3.76. The van der Waals surface area contributed by atoms with Crippen LogP contribution in [0, 0.1) is 0 Å². The van der Waals surface area contributed by atoms with E-state index in [1.54, 1.807) is 0 Å². The molecule has 1 N–H and O–H groups in total. The van der Waals surface area contributed by atoms with Crippen molar-refractivity contribution in [3.63, 3.8) is 0 Å². The lowest BCUT2D eigenvalue weighted by atomic mass is 10.0. The van der Waals surface area contributed by atoms with Crippen molar-refractivity contribution in [2.45, 2.75) is 52.6 Å². The van der Waals surface area contributed by atoms with Crippen molar-refractivity contribution in [3.8, 4) is 0 Å². The van der Waals surface area contributed by atoms with Gasteiger partial charge >= 0.3 is 0 Å². The molecule has 1 atom stereocenters. The van der Waals surface area contributed by atoms with Crippen molar-refractivity contribution >= 4 is 0 Å². The summed E-state index contributed by atoms with van der Waals surface area (Å²) in [6, 6.07) is 6.88. The fraction of sp³-hybridized carbons (Fsp3) is 0.529. The first-order valence-corrected chi connectivity index (χ1v) is 7.94. The zero-order chi connectivity index (χ0) is 15.1. The summed E-state index contributed by atoms with van der Waals surface area (Å²) < 4.78 is 2.13. The summed E-state index contributed by atoms with van der Waals surface area (Å²) in [4.78, 5) is 4.09. The predicted molar refractivity (Wildman–Crippen MR) is 86.4 cm³/mol. The smallest absolute Gasteiger partial charge is 0.0624 e. The average molecular weight is 286 g/mol. The van der Waals surface area contributed by atoms with Gasteiger partial charge in [-0.1, -0.05) is 13.8 Å². The molecule has 4 nitrogen and oxygen atoms in total. The van der Waals surface area contributed by atoms with Gasteiger partial charge in [0, 0.05) is 37.1 Å². The molecule has 0 aliphatic heterocycles. The first-order chi connectivity index (χ1) is 10.3. The second kappa shape index (κ2) is 7.93. The predicted octanol–water partition coefficient (Wildman–Crippen LogP) is 2.62. The van der Waals surface area contributed by atoms with Crippen molar-refractivity contribution in [2.75, 3.05) is 6.54 Å². The number of aryl methyl sites for hydroxylation is 2. The van der Waals surface area contributed by atoms with Crippen LogP contribution in [0.1, 0.15) is 37.7 Å². The molecule has 0 bridgehead atoms. The molecule has 21 heavy (non-hydrogen) atoms. The Balaban J connectivity index is 2.10. The third kappa shape index (κ3) is 4.39. The van der Waals surface area contributed by atoms with Crippen LogP contribution in [0.3, 0.4) is 0 Å². The second-order valence-electron chi connectivity index (χ2n) is 5.31. The Morgan fingerprint density at radius 1 is 1.14 bits per heavy atom. The normalized spacial score (nSPS) is 12.5. The van der Waals surface area contributed by atoms with E-state index in [9.17, 15) is 0 Å². The molecule has 0 radical (unpaired) electrons. The van der Waals surface area contributed by atoms with Crippen LogP contribution in [0.25, 0.3) is 0 Å². The van der Waals surface area contributed by atoms with Crippen LogP contribution in [-0.4, -0.2) is 27.4 Å². The molecule has 0 spiro atoms. The molecule has 2 rings (SSSR count). The molecule has 1 unspecified atom stereocenters. The van der Waals surface area contributed by atoms with Crippen LogP contribution < -0.4 is 5.32 Å². The van der Waals surface area contributed by atoms with Crippen molar-refractivity contribution in [1.29, 1.82) is 0 Å². The van der Waals surface area contributed by atoms with E-state index >= 15 is 0 Å². The number of hydrogen-bond donors (Lipinski definition) is 1. The summed E-state index contributed by atoms with van der Waals surface area (Å²) in [6.45, 7) is 8.39. The van der Waals surface area contributed by atoms with Gasteiger partial charge < -0.3 is 5.32 Å². The Hall–Kier alpha value is -1.68. The molecule has 114 valence electrons. The number of nitrogens with zero attached hydrogens (tertiary/aromatic N) is 3. The molecule has 0 fully saturated rings. The van der Waals surface area contributed by atoms with Gasteiger partial charge in [-0.25, -0.2) is 0 Å². The molecule has 2 heterocycles. The van der Waals surface area contributed by atoms with E-state index in [4.69, 9.17) is 0 Å². The maximum atomic E-state index is 4.65. The summed E-state index contributed by atoms with van der Waals surface area (Å²) in [6.07, 6.45) is 6.76. The minimum atomic E-state index is 0.434. The lowest BCUT2D eigenvalue weighted by molar-refractivity contribution is 0.495. The molecule has 0 amide bonds. The first-order valence-electron chi connectivity index (χ1n) is 7.94. The van der Waals surface area contributed by atoms with Gasteiger partial charge in [0.15, 0.2) is 0 Å². The van der Waals surface area contributed by atoms with Gasteiger partial charge in [0.25, 0.3) is 0 Å². The van der Waals surface area contributed by atoms with Gasteiger partial charge in [-0.05, 0) is 50.1 Å². The van der Waals surface area contributed by atoms with Crippen LogP contribution in [0.5, 0.6) is 0 Å². The van der Waals surface area contributed by atoms with Crippen LogP contribution in [0.15, 0.2) is 30.6 Å². The molecule has 0 aromatic carbocycles. The zero-order valence-electron chi connectivity index (χ0n) is 13.3. The summed E-state index contributed by atoms with van der Waals surface area (Å²) in [5, 5.41) is 8.24. The van der Waals surface area contributed by atoms with Crippen LogP contribution >= 0.6 is 0 Å². The largest absolute Gasteiger partial charge is 0.314 e. The lowest BCUT2D eigenvalue weighted by Gasteiger charge is -2.18. The standard InChI is InChI=1S/C17H26N4/c1-4-15-12-17(21(6-3)20-15)13-16(19-5-2)11-14-7-9-18-10-8-14/h7-10,12,16,19H,4-6,11,13H2,1-3H3. The van der Waals surface area contributed by atoms with E-state index in [0.29, 0.717) is 6.04 Å². The maximum Gasteiger partial charge on any atom is 0.0624 e. The number of hydrogen-bond acceptors (Lipinski definition) is 3. The zero-order valence-corrected chi connectivity index (χ0v) is 13.3. The van der Waals surface area contributed by atoms with Gasteiger partial charge in [0.05, 0.1) is 5.69 Å². The molecule has 2 aromatic rings. The van der Waals surface area contributed by atoms with E-state index in [-0.39, 0.29) is 0 Å². The minimum absolute atomic E-state index is 0.434. The Labute approximate surface area is 127 Å². The Bertz CT molecular complexity index is 533. The number of likely N-dealkylation sites (N-methyl/N-ethyl adjacent to an activating group) is 1. The maximum absolute atomic E-state index is 4.65. The van der Waals surface area contributed by atoms with Gasteiger partial charge in [0.2, 0.25) is 0 Å². The number of pyridine rings is 1. The lowest BCUT2D eigenvalue weighted by Crippen LogP contribution is -2.33. The summed E-state index contributed by atoms with van der Waals surface area (Å²) in [5.41, 5.74) is 3.84. The average Bonchev–Trinajstić information content (AvgIpc) is 2.90. The Morgan fingerprint density at radius 3 is 2.52 bits per heavy atom. The molecule has 0 aliphatic carbocycles. The SMILES string of the molecule is CCNC(Cc1ccncc1)Cc1cc(CC)nn1CC. The third-order valence-corrected chi connectivity index (χ3v) is 3.76. The highest BCUT2D eigenvalue weighted by molar-refractivity contribution is 5.15. The molecule has 0 saturated carbocycles. The molecule has 2 aromatic heterocycles. The highest BCUT2D eigenvalue weighted by Gasteiger charge is 2.13. The Morgan fingerprint density at radius 2 is 1.90 bits per heavy atom. The Kier molecular flexibility index (Phi) is 5.93. The van der Waals surface area contributed by atoms with Crippen LogP contribution in [0.2, 0.25) is 0 Å². The molecular formula is C17H26N4. The fourth-order valence-corrected chi connectivity index (χ4v) is 2.69. The van der Waals surface area contributed by atoms with Gasteiger partial charge in [0.1, 0.15) is 0 Å². The van der Waals surface area contributed by atoms with E-state index in [1.807, 2.05) is 12.4 Å². The topological polar surface area (TPSA) is 42.7 Å². The molecular weight excluding hydrogens is 260 g/mol. The summed E-state index contributed by atoms with van der Waals surface area (Å²) in [7, 11) is 0. The van der Waals surface area contributed by atoms with Crippen molar-refractivity contribution in [1.82, 2.24) is 20.1 Å². The van der Waals surface area contributed by atoms with Gasteiger partial charge in [-0.15, -0.1) is 0 Å². The van der Waals surface area contributed by atoms with E-state index in [2.05, 4.69) is 59.1 Å². The molecule has 0 saturated heterocycles. The minimum Gasteiger partial charge on any atom is -0.314 e. The highest BCUT2D eigenvalue weighted by atomic mass is 15.3. The first kappa shape index (κ1) is 15.7. The number of aromatic nitrogens is 3. The quantitative estimate of drug-likeness (QED) is 0.811. The summed E-state index contributed by atoms with van der Waals surface area (Å²) >= 11 is 0. The highest BCUT2D eigenvalue weighted by Crippen LogP contribution is 2.11. The molecule has 0 aliphatic rings.